The second-order valence-corrected chi connectivity index (χ2v) is 3.64. The van der Waals surface area contributed by atoms with Crippen molar-refractivity contribution in [2.45, 2.75) is 6.18 Å². The quantitative estimate of drug-likeness (QED) is 0.763. The van der Waals surface area contributed by atoms with Gasteiger partial charge in [0.15, 0.2) is 6.29 Å². The van der Waals surface area contributed by atoms with Gasteiger partial charge >= 0.3 is 6.18 Å². The largest absolute Gasteiger partial charge is 0.416 e. The molecule has 0 aliphatic carbocycles. The number of carbonyl (C=O) groups excluding carboxylic acids is 1. The van der Waals surface area contributed by atoms with E-state index in [1.54, 1.807) is 6.07 Å². The van der Waals surface area contributed by atoms with Gasteiger partial charge in [0.1, 0.15) is 0 Å². The average Bonchev–Trinajstić information content (AvgIpc) is 2.38. The molecule has 0 bridgehead atoms. The number of benzene rings is 1. The lowest BCUT2D eigenvalue weighted by molar-refractivity contribution is -0.137. The summed E-state index contributed by atoms with van der Waals surface area (Å²) in [5, 5.41) is 0. The standard InChI is InChI=1S/C13H8F3NO/c14-13(15,16)11-5-1-3-9(7-11)12-10(8-18)4-2-6-17-12/h1-8H. The van der Waals surface area contributed by atoms with Gasteiger partial charge in [-0.15, -0.1) is 0 Å². The van der Waals surface area contributed by atoms with E-state index in [2.05, 4.69) is 4.98 Å². The van der Waals surface area contributed by atoms with Gasteiger partial charge in [-0.05, 0) is 24.3 Å². The molecule has 1 heterocycles. The maximum Gasteiger partial charge on any atom is 0.416 e. The van der Waals surface area contributed by atoms with Crippen LogP contribution in [0.1, 0.15) is 15.9 Å². The van der Waals surface area contributed by atoms with Gasteiger partial charge in [0.25, 0.3) is 0 Å². The molecule has 0 saturated carbocycles. The third kappa shape index (κ3) is 2.40. The van der Waals surface area contributed by atoms with Crippen molar-refractivity contribution < 1.29 is 18.0 Å². The summed E-state index contributed by atoms with van der Waals surface area (Å²) < 4.78 is 37.7. The number of alkyl halides is 3. The fourth-order valence-corrected chi connectivity index (χ4v) is 1.60. The number of carbonyl (C=O) groups is 1. The second-order valence-electron chi connectivity index (χ2n) is 3.64. The van der Waals surface area contributed by atoms with Gasteiger partial charge in [0, 0.05) is 17.3 Å². The molecule has 0 radical (unpaired) electrons. The number of aldehydes is 1. The first kappa shape index (κ1) is 12.3. The van der Waals surface area contributed by atoms with Gasteiger partial charge in [-0.3, -0.25) is 9.78 Å². The molecule has 0 fully saturated rings. The van der Waals surface area contributed by atoms with E-state index in [1.165, 1.54) is 24.4 Å². The van der Waals surface area contributed by atoms with E-state index in [-0.39, 0.29) is 16.8 Å². The molecule has 2 aromatic rings. The minimum absolute atomic E-state index is 0.249. The lowest BCUT2D eigenvalue weighted by Crippen LogP contribution is -2.04. The van der Waals surface area contributed by atoms with E-state index in [4.69, 9.17) is 0 Å². The van der Waals surface area contributed by atoms with Gasteiger partial charge in [-0.25, -0.2) is 0 Å². The van der Waals surface area contributed by atoms with Gasteiger partial charge < -0.3 is 0 Å². The Morgan fingerprint density at radius 1 is 1.11 bits per heavy atom. The summed E-state index contributed by atoms with van der Waals surface area (Å²) in [5.41, 5.74) is 0.0189. The summed E-state index contributed by atoms with van der Waals surface area (Å²) in [6, 6.07) is 7.81. The van der Waals surface area contributed by atoms with Crippen molar-refractivity contribution in [2.24, 2.45) is 0 Å². The van der Waals surface area contributed by atoms with Crippen LogP contribution in [0, 0.1) is 0 Å². The van der Waals surface area contributed by atoms with Crippen molar-refractivity contribution in [1.29, 1.82) is 0 Å². The van der Waals surface area contributed by atoms with Gasteiger partial charge in [-0.2, -0.15) is 13.2 Å². The van der Waals surface area contributed by atoms with E-state index >= 15 is 0 Å². The Labute approximate surface area is 101 Å². The molecule has 0 amide bonds. The number of hydrogen-bond acceptors (Lipinski definition) is 2. The Morgan fingerprint density at radius 3 is 2.56 bits per heavy atom. The zero-order valence-electron chi connectivity index (χ0n) is 9.11. The van der Waals surface area contributed by atoms with Crippen LogP contribution in [-0.2, 0) is 6.18 Å². The van der Waals surface area contributed by atoms with E-state index in [9.17, 15) is 18.0 Å². The maximum absolute atomic E-state index is 12.6. The fraction of sp³-hybridized carbons (Fsp3) is 0.0769. The van der Waals surface area contributed by atoms with Crippen LogP contribution in [0.5, 0.6) is 0 Å². The predicted molar refractivity (Wildman–Crippen MR) is 60.1 cm³/mol. The van der Waals surface area contributed by atoms with Gasteiger partial charge in [-0.1, -0.05) is 12.1 Å². The summed E-state index contributed by atoms with van der Waals surface area (Å²) in [5.74, 6) is 0. The first-order chi connectivity index (χ1) is 8.52. The summed E-state index contributed by atoms with van der Waals surface area (Å²) in [6.07, 6.45) is -2.41. The molecule has 0 atom stereocenters. The minimum atomic E-state index is -4.41. The monoisotopic (exact) mass is 251 g/mol. The topological polar surface area (TPSA) is 30.0 Å². The maximum atomic E-state index is 12.6. The third-order valence-electron chi connectivity index (χ3n) is 2.43. The number of pyridine rings is 1. The highest BCUT2D eigenvalue weighted by atomic mass is 19.4. The Bertz CT molecular complexity index is 578. The molecule has 92 valence electrons. The number of nitrogens with zero attached hydrogens (tertiary/aromatic N) is 1. The molecule has 2 rings (SSSR count). The third-order valence-corrected chi connectivity index (χ3v) is 2.43. The molecule has 0 N–H and O–H groups in total. The first-order valence-electron chi connectivity index (χ1n) is 5.10. The normalized spacial score (nSPS) is 11.3. The van der Waals surface area contributed by atoms with Crippen LogP contribution in [0.25, 0.3) is 11.3 Å². The Kier molecular flexibility index (Phi) is 3.14. The molecule has 0 saturated heterocycles. The molecule has 0 aliphatic heterocycles. The summed E-state index contributed by atoms with van der Waals surface area (Å²) in [4.78, 5) is 14.8. The summed E-state index contributed by atoms with van der Waals surface area (Å²) >= 11 is 0. The molecule has 1 aromatic carbocycles. The van der Waals surface area contributed by atoms with E-state index in [1.807, 2.05) is 0 Å². The number of hydrogen-bond donors (Lipinski definition) is 0. The highest BCUT2D eigenvalue weighted by Crippen LogP contribution is 2.32. The van der Waals surface area contributed by atoms with Crippen LogP contribution in [0.4, 0.5) is 13.2 Å². The molecule has 0 unspecified atom stereocenters. The van der Waals surface area contributed by atoms with Crippen molar-refractivity contribution in [3.63, 3.8) is 0 Å². The van der Waals surface area contributed by atoms with Crippen LogP contribution in [0.2, 0.25) is 0 Å². The SMILES string of the molecule is O=Cc1cccnc1-c1cccc(C(F)(F)F)c1. The lowest BCUT2D eigenvalue weighted by atomic mass is 10.0. The van der Waals surface area contributed by atoms with Crippen LogP contribution in [0.3, 0.4) is 0 Å². The van der Waals surface area contributed by atoms with Gasteiger partial charge in [0.05, 0.1) is 11.3 Å². The predicted octanol–water partition coefficient (Wildman–Crippen LogP) is 3.58. The highest BCUT2D eigenvalue weighted by Gasteiger charge is 2.30. The van der Waals surface area contributed by atoms with E-state index in [0.717, 1.165) is 12.1 Å². The lowest BCUT2D eigenvalue weighted by Gasteiger charge is -2.09. The molecular weight excluding hydrogens is 243 g/mol. The molecular formula is C13H8F3NO. The first-order valence-corrected chi connectivity index (χ1v) is 5.10. The van der Waals surface area contributed by atoms with Crippen molar-refractivity contribution in [3.05, 3.63) is 53.7 Å². The van der Waals surface area contributed by atoms with E-state index in [0.29, 0.717) is 6.29 Å². The average molecular weight is 251 g/mol. The fourth-order valence-electron chi connectivity index (χ4n) is 1.60. The van der Waals surface area contributed by atoms with E-state index < -0.39 is 11.7 Å². The zero-order chi connectivity index (χ0) is 13.2. The second kappa shape index (κ2) is 4.60. The number of rotatable bonds is 2. The van der Waals surface area contributed by atoms with Crippen molar-refractivity contribution >= 4 is 6.29 Å². The Balaban J connectivity index is 2.55. The number of halogens is 3. The van der Waals surface area contributed by atoms with Crippen LogP contribution in [0.15, 0.2) is 42.6 Å². The molecule has 2 nitrogen and oxygen atoms in total. The van der Waals surface area contributed by atoms with Crippen LogP contribution in [-0.4, -0.2) is 11.3 Å². The van der Waals surface area contributed by atoms with Crippen LogP contribution >= 0.6 is 0 Å². The van der Waals surface area contributed by atoms with Crippen molar-refractivity contribution in [1.82, 2.24) is 4.98 Å². The molecule has 0 spiro atoms. The summed E-state index contributed by atoms with van der Waals surface area (Å²) in [7, 11) is 0. The summed E-state index contributed by atoms with van der Waals surface area (Å²) in [6.45, 7) is 0. The minimum Gasteiger partial charge on any atom is -0.298 e. The Morgan fingerprint density at radius 2 is 1.89 bits per heavy atom. The van der Waals surface area contributed by atoms with Gasteiger partial charge in [0.2, 0.25) is 0 Å². The zero-order valence-corrected chi connectivity index (χ0v) is 9.11. The highest BCUT2D eigenvalue weighted by molar-refractivity contribution is 5.85. The molecule has 0 aliphatic rings. The smallest absolute Gasteiger partial charge is 0.298 e. The Hall–Kier alpha value is -2.17. The number of aromatic nitrogens is 1. The van der Waals surface area contributed by atoms with Crippen molar-refractivity contribution in [2.75, 3.05) is 0 Å². The molecule has 5 heteroatoms. The van der Waals surface area contributed by atoms with Crippen molar-refractivity contribution in [3.8, 4) is 11.3 Å². The molecule has 1 aromatic heterocycles. The van der Waals surface area contributed by atoms with Crippen LogP contribution < -0.4 is 0 Å². The molecule has 18 heavy (non-hydrogen) atoms.